The number of carboxylic acids is 1. The summed E-state index contributed by atoms with van der Waals surface area (Å²) in [6.45, 7) is 4.20. The van der Waals surface area contributed by atoms with Gasteiger partial charge >= 0.3 is 12.0 Å². The molecule has 1 aliphatic carbocycles. The second-order valence-corrected chi connectivity index (χ2v) is 5.27. The Morgan fingerprint density at radius 3 is 2.50 bits per heavy atom. The summed E-state index contributed by atoms with van der Waals surface area (Å²) in [5, 5.41) is 14.3. The van der Waals surface area contributed by atoms with E-state index in [0.717, 1.165) is 12.8 Å². The van der Waals surface area contributed by atoms with Crippen LogP contribution in [0, 0.1) is 5.92 Å². The van der Waals surface area contributed by atoms with Gasteiger partial charge in [0, 0.05) is 25.7 Å². The van der Waals surface area contributed by atoms with Crippen LogP contribution in [-0.4, -0.2) is 42.4 Å². The largest absolute Gasteiger partial charge is 0.480 e. The van der Waals surface area contributed by atoms with E-state index in [1.807, 2.05) is 13.8 Å². The minimum absolute atomic E-state index is 0.253. The van der Waals surface area contributed by atoms with Gasteiger partial charge in [0.25, 0.3) is 0 Å². The van der Waals surface area contributed by atoms with Crippen LogP contribution in [0.3, 0.4) is 0 Å². The molecule has 6 nitrogen and oxygen atoms in total. The molecule has 1 fully saturated rings. The molecule has 0 radical (unpaired) electrons. The topological polar surface area (TPSA) is 87.7 Å². The molecule has 104 valence electrons. The van der Waals surface area contributed by atoms with Crippen LogP contribution in [0.5, 0.6) is 0 Å². The fourth-order valence-corrected chi connectivity index (χ4v) is 1.89. The first-order chi connectivity index (χ1) is 8.36. The highest BCUT2D eigenvalue weighted by molar-refractivity contribution is 5.82. The normalized spacial score (nSPS) is 17.1. The number of ether oxygens (including phenoxy) is 1. The predicted octanol–water partition coefficient (Wildman–Crippen LogP) is 0.964. The van der Waals surface area contributed by atoms with Crippen molar-refractivity contribution >= 4 is 12.0 Å². The van der Waals surface area contributed by atoms with E-state index in [1.54, 1.807) is 0 Å². The van der Waals surface area contributed by atoms with E-state index < -0.39 is 18.0 Å². The summed E-state index contributed by atoms with van der Waals surface area (Å²) >= 11 is 0. The van der Waals surface area contributed by atoms with Crippen molar-refractivity contribution in [2.45, 2.75) is 44.7 Å². The first-order valence-electron chi connectivity index (χ1n) is 6.17. The quantitative estimate of drug-likeness (QED) is 0.635. The molecular weight excluding hydrogens is 236 g/mol. The van der Waals surface area contributed by atoms with E-state index in [1.165, 1.54) is 7.11 Å². The third-order valence-electron chi connectivity index (χ3n) is 3.25. The number of hydrogen-bond donors (Lipinski definition) is 3. The van der Waals surface area contributed by atoms with Crippen LogP contribution >= 0.6 is 0 Å². The highest BCUT2D eigenvalue weighted by atomic mass is 16.5. The van der Waals surface area contributed by atoms with E-state index in [-0.39, 0.29) is 12.0 Å². The molecule has 0 aromatic rings. The maximum absolute atomic E-state index is 11.7. The molecule has 1 atom stereocenters. The number of hydrogen-bond acceptors (Lipinski definition) is 3. The summed E-state index contributed by atoms with van der Waals surface area (Å²) in [6, 6.07) is -1.35. The van der Waals surface area contributed by atoms with Gasteiger partial charge in [-0.2, -0.15) is 0 Å². The van der Waals surface area contributed by atoms with Gasteiger partial charge in [-0.15, -0.1) is 0 Å². The number of rotatable bonds is 7. The lowest BCUT2D eigenvalue weighted by Crippen LogP contribution is -2.53. The summed E-state index contributed by atoms with van der Waals surface area (Å²) in [5.41, 5.74) is -0.283. The Morgan fingerprint density at radius 2 is 2.06 bits per heavy atom. The Bertz CT molecular complexity index is 313. The van der Waals surface area contributed by atoms with Gasteiger partial charge in [-0.3, -0.25) is 0 Å². The number of amides is 2. The predicted molar refractivity (Wildman–Crippen MR) is 66.4 cm³/mol. The molecular formula is C12H22N2O4. The molecule has 0 bridgehead atoms. The van der Waals surface area contributed by atoms with Gasteiger partial charge in [-0.1, -0.05) is 0 Å². The van der Waals surface area contributed by atoms with Crippen LogP contribution in [0.15, 0.2) is 0 Å². The monoisotopic (exact) mass is 258 g/mol. The van der Waals surface area contributed by atoms with Gasteiger partial charge in [0.1, 0.15) is 6.04 Å². The molecule has 1 rings (SSSR count). The van der Waals surface area contributed by atoms with Gasteiger partial charge in [-0.05, 0) is 32.6 Å². The lowest BCUT2D eigenvalue weighted by molar-refractivity contribution is -0.139. The smallest absolute Gasteiger partial charge is 0.326 e. The second kappa shape index (κ2) is 6.04. The molecule has 0 spiro atoms. The van der Waals surface area contributed by atoms with Gasteiger partial charge in [0.15, 0.2) is 0 Å². The van der Waals surface area contributed by atoms with Gasteiger partial charge in [-0.25, -0.2) is 9.59 Å². The standard InChI is InChI=1S/C12H22N2O4/c1-12(2,8-4-5-8)14-11(17)13-9(10(15)16)6-7-18-3/h8-9H,4-7H2,1-3H3,(H,15,16)(H2,13,14,17). The van der Waals surface area contributed by atoms with Crippen molar-refractivity contribution in [1.29, 1.82) is 0 Å². The number of methoxy groups -OCH3 is 1. The number of carbonyl (C=O) groups is 2. The molecule has 1 aliphatic rings. The SMILES string of the molecule is COCCC(NC(=O)NC(C)(C)C1CC1)C(=O)O. The molecule has 0 aromatic carbocycles. The van der Waals surface area contributed by atoms with Crippen LogP contribution in [0.1, 0.15) is 33.1 Å². The Kier molecular flexibility index (Phi) is 4.95. The van der Waals surface area contributed by atoms with E-state index >= 15 is 0 Å². The fraction of sp³-hybridized carbons (Fsp3) is 0.833. The maximum atomic E-state index is 11.7. The molecule has 0 aliphatic heterocycles. The first-order valence-corrected chi connectivity index (χ1v) is 6.17. The molecule has 6 heteroatoms. The number of nitrogens with one attached hydrogen (secondary N) is 2. The van der Waals surface area contributed by atoms with E-state index in [0.29, 0.717) is 12.5 Å². The summed E-state index contributed by atoms with van der Waals surface area (Å²) < 4.78 is 4.82. The minimum Gasteiger partial charge on any atom is -0.480 e. The third-order valence-corrected chi connectivity index (χ3v) is 3.25. The second-order valence-electron chi connectivity index (χ2n) is 5.27. The van der Waals surface area contributed by atoms with E-state index in [9.17, 15) is 9.59 Å². The lowest BCUT2D eigenvalue weighted by atomic mass is 9.99. The summed E-state index contributed by atoms with van der Waals surface area (Å²) in [5.74, 6) is -0.558. The van der Waals surface area contributed by atoms with E-state index in [2.05, 4.69) is 10.6 Å². The molecule has 0 saturated heterocycles. The van der Waals surface area contributed by atoms with Crippen molar-refractivity contribution in [3.8, 4) is 0 Å². The van der Waals surface area contributed by atoms with Crippen molar-refractivity contribution < 1.29 is 19.4 Å². The highest BCUT2D eigenvalue weighted by Gasteiger charge is 2.39. The molecule has 1 unspecified atom stereocenters. The highest BCUT2D eigenvalue weighted by Crippen LogP contribution is 2.39. The Balaban J connectivity index is 2.42. The minimum atomic E-state index is -1.05. The molecule has 0 aromatic heterocycles. The zero-order valence-electron chi connectivity index (χ0n) is 11.2. The Labute approximate surface area is 107 Å². The zero-order valence-corrected chi connectivity index (χ0v) is 11.2. The molecule has 2 amide bonds. The van der Waals surface area contributed by atoms with Gasteiger partial charge < -0.3 is 20.5 Å². The maximum Gasteiger partial charge on any atom is 0.326 e. The Hall–Kier alpha value is -1.30. The molecule has 18 heavy (non-hydrogen) atoms. The van der Waals surface area contributed by atoms with E-state index in [4.69, 9.17) is 9.84 Å². The summed E-state index contributed by atoms with van der Waals surface area (Å²) in [6.07, 6.45) is 2.47. The summed E-state index contributed by atoms with van der Waals surface area (Å²) in [7, 11) is 1.50. The number of aliphatic carboxylic acids is 1. The molecule has 0 heterocycles. The Morgan fingerprint density at radius 1 is 1.44 bits per heavy atom. The number of carbonyl (C=O) groups excluding carboxylic acids is 1. The molecule has 3 N–H and O–H groups in total. The fourth-order valence-electron chi connectivity index (χ4n) is 1.89. The lowest BCUT2D eigenvalue weighted by Gasteiger charge is -2.27. The zero-order chi connectivity index (χ0) is 13.8. The number of urea groups is 1. The average molecular weight is 258 g/mol. The van der Waals surface area contributed by atoms with Crippen molar-refractivity contribution in [3.05, 3.63) is 0 Å². The van der Waals surface area contributed by atoms with Gasteiger partial charge in [0.05, 0.1) is 0 Å². The molecule has 1 saturated carbocycles. The van der Waals surface area contributed by atoms with Crippen LogP contribution < -0.4 is 10.6 Å². The van der Waals surface area contributed by atoms with Gasteiger partial charge in [0.2, 0.25) is 0 Å². The van der Waals surface area contributed by atoms with Crippen molar-refractivity contribution in [2.24, 2.45) is 5.92 Å². The third kappa shape index (κ3) is 4.52. The van der Waals surface area contributed by atoms with Crippen molar-refractivity contribution in [1.82, 2.24) is 10.6 Å². The first kappa shape index (κ1) is 14.8. The number of carboxylic acid groups (broad SMARTS) is 1. The van der Waals surface area contributed by atoms with Crippen LogP contribution in [0.2, 0.25) is 0 Å². The van der Waals surface area contributed by atoms with Crippen LogP contribution in [0.4, 0.5) is 4.79 Å². The van der Waals surface area contributed by atoms with Crippen molar-refractivity contribution in [3.63, 3.8) is 0 Å². The summed E-state index contributed by atoms with van der Waals surface area (Å²) in [4.78, 5) is 22.7. The van der Waals surface area contributed by atoms with Crippen LogP contribution in [-0.2, 0) is 9.53 Å². The van der Waals surface area contributed by atoms with Crippen molar-refractivity contribution in [2.75, 3.05) is 13.7 Å². The van der Waals surface area contributed by atoms with Crippen LogP contribution in [0.25, 0.3) is 0 Å². The average Bonchev–Trinajstić information content (AvgIpc) is 3.06.